The van der Waals surface area contributed by atoms with Crippen molar-refractivity contribution in [3.63, 3.8) is 0 Å². The number of carbonyl (C=O) groups excluding carboxylic acids is 1. The Kier molecular flexibility index (Phi) is 5.98. The van der Waals surface area contributed by atoms with E-state index in [9.17, 15) is 9.59 Å². The maximum Gasteiger partial charge on any atom is 0.317 e. The number of carboxylic acid groups (broad SMARTS) is 1. The van der Waals surface area contributed by atoms with Gasteiger partial charge in [0.1, 0.15) is 4.83 Å². The summed E-state index contributed by atoms with van der Waals surface area (Å²) in [5, 5.41) is 8.44. The van der Waals surface area contributed by atoms with E-state index < -0.39 is 16.8 Å². The van der Waals surface area contributed by atoms with Crippen LogP contribution in [0.2, 0.25) is 0 Å². The summed E-state index contributed by atoms with van der Waals surface area (Å²) < 4.78 is 4.53. The molecule has 0 heterocycles. The van der Waals surface area contributed by atoms with Gasteiger partial charge in [0.25, 0.3) is 0 Å². The van der Waals surface area contributed by atoms with Gasteiger partial charge in [0.2, 0.25) is 0 Å². The van der Waals surface area contributed by atoms with Crippen molar-refractivity contribution in [3.8, 4) is 12.3 Å². The monoisotopic (exact) mass is 248 g/mol. The van der Waals surface area contributed by atoms with Crippen LogP contribution in [-0.2, 0) is 14.3 Å². The van der Waals surface area contributed by atoms with Gasteiger partial charge in [0.05, 0.1) is 0 Å². The normalized spacial score (nSPS) is 11.4. The molecule has 1 atom stereocenters. The number of hydrogen-bond acceptors (Lipinski definition) is 3. The summed E-state index contributed by atoms with van der Waals surface area (Å²) in [6.07, 6.45) is 5.09. The first-order chi connectivity index (χ1) is 6.07. The van der Waals surface area contributed by atoms with Gasteiger partial charge < -0.3 is 9.84 Å². The zero-order chi connectivity index (χ0) is 10.3. The van der Waals surface area contributed by atoms with Crippen LogP contribution in [0.4, 0.5) is 0 Å². The number of hydrogen-bond donors (Lipinski definition) is 1. The average molecular weight is 249 g/mol. The third-order valence-corrected chi connectivity index (χ3v) is 2.04. The first-order valence-corrected chi connectivity index (χ1v) is 4.45. The first-order valence-electron chi connectivity index (χ1n) is 3.54. The molecule has 0 rings (SSSR count). The molecule has 0 amide bonds. The molecule has 0 radical (unpaired) electrons. The Morgan fingerprint density at radius 1 is 1.62 bits per heavy atom. The fourth-order valence-electron chi connectivity index (χ4n) is 0.562. The summed E-state index contributed by atoms with van der Waals surface area (Å²) >= 11 is 2.89. The maximum atomic E-state index is 10.8. The number of terminal acetylenes is 1. The number of ether oxygens (including phenoxy) is 1. The Balaban J connectivity index is 3.59. The van der Waals surface area contributed by atoms with Crippen molar-refractivity contribution in [2.75, 3.05) is 6.61 Å². The number of rotatable bonds is 5. The molecule has 0 aromatic heterocycles. The molecule has 0 aromatic rings. The number of aliphatic carboxylic acids is 1. The molecule has 1 unspecified atom stereocenters. The first kappa shape index (κ1) is 12.0. The highest BCUT2D eigenvalue weighted by molar-refractivity contribution is 9.10. The van der Waals surface area contributed by atoms with Gasteiger partial charge in [-0.25, -0.2) is 0 Å². The Morgan fingerprint density at radius 3 is 2.69 bits per heavy atom. The maximum absolute atomic E-state index is 10.8. The van der Waals surface area contributed by atoms with Crippen LogP contribution in [-0.4, -0.2) is 28.5 Å². The summed E-state index contributed by atoms with van der Waals surface area (Å²) in [6.45, 7) is -0.0706. The van der Waals surface area contributed by atoms with Crippen molar-refractivity contribution in [2.45, 2.75) is 17.7 Å². The van der Waals surface area contributed by atoms with Crippen LogP contribution in [0, 0.1) is 12.3 Å². The molecule has 0 aliphatic rings. The largest absolute Gasteiger partial charge is 0.480 e. The highest BCUT2D eigenvalue weighted by Gasteiger charge is 2.14. The third-order valence-electron chi connectivity index (χ3n) is 1.19. The molecule has 5 heteroatoms. The summed E-state index contributed by atoms with van der Waals surface area (Å²) in [5.74, 6) is 0.660. The molecule has 0 aromatic carbocycles. The number of esters is 1. The standard InChI is InChI=1S/C8H9BrO4/c1-2-5-13-7(10)4-3-6(9)8(11)12/h1,6H,3-5H2,(H,11,12). The Morgan fingerprint density at radius 2 is 2.23 bits per heavy atom. The number of carbonyl (C=O) groups is 2. The van der Waals surface area contributed by atoms with E-state index in [-0.39, 0.29) is 19.4 Å². The Bertz CT molecular complexity index is 231. The van der Waals surface area contributed by atoms with E-state index in [2.05, 4.69) is 26.6 Å². The van der Waals surface area contributed by atoms with Crippen LogP contribution in [0.25, 0.3) is 0 Å². The lowest BCUT2D eigenvalue weighted by Gasteiger charge is -2.03. The lowest BCUT2D eigenvalue weighted by molar-refractivity contribution is -0.142. The fourth-order valence-corrected chi connectivity index (χ4v) is 0.791. The van der Waals surface area contributed by atoms with Gasteiger partial charge in [-0.3, -0.25) is 9.59 Å². The summed E-state index contributed by atoms with van der Waals surface area (Å²) in [5.41, 5.74) is 0. The number of halogens is 1. The molecule has 0 saturated carbocycles. The topological polar surface area (TPSA) is 63.6 Å². The van der Waals surface area contributed by atoms with Gasteiger partial charge in [0, 0.05) is 6.42 Å². The number of carboxylic acids is 1. The van der Waals surface area contributed by atoms with Crippen LogP contribution < -0.4 is 0 Å². The van der Waals surface area contributed by atoms with Gasteiger partial charge in [0.15, 0.2) is 6.61 Å². The second-order valence-electron chi connectivity index (χ2n) is 2.21. The van der Waals surface area contributed by atoms with Crippen molar-refractivity contribution in [1.29, 1.82) is 0 Å². The van der Waals surface area contributed by atoms with Gasteiger partial charge >= 0.3 is 11.9 Å². The molecule has 0 saturated heterocycles. The van der Waals surface area contributed by atoms with Crippen molar-refractivity contribution < 1.29 is 19.4 Å². The summed E-state index contributed by atoms with van der Waals surface area (Å²) in [6, 6.07) is 0. The smallest absolute Gasteiger partial charge is 0.317 e. The molecular formula is C8H9BrO4. The van der Waals surface area contributed by atoms with Crippen molar-refractivity contribution in [2.24, 2.45) is 0 Å². The molecule has 0 aliphatic heterocycles. The van der Waals surface area contributed by atoms with Crippen LogP contribution >= 0.6 is 15.9 Å². The molecule has 0 spiro atoms. The van der Waals surface area contributed by atoms with Crippen LogP contribution in [0.1, 0.15) is 12.8 Å². The quantitative estimate of drug-likeness (QED) is 0.444. The molecule has 0 aliphatic carbocycles. The van der Waals surface area contributed by atoms with E-state index in [4.69, 9.17) is 11.5 Å². The van der Waals surface area contributed by atoms with Crippen LogP contribution in [0.5, 0.6) is 0 Å². The third kappa shape index (κ3) is 6.17. The van der Waals surface area contributed by atoms with Gasteiger partial charge in [-0.2, -0.15) is 0 Å². The van der Waals surface area contributed by atoms with E-state index >= 15 is 0 Å². The molecule has 13 heavy (non-hydrogen) atoms. The molecule has 0 fully saturated rings. The van der Waals surface area contributed by atoms with E-state index in [1.807, 2.05) is 0 Å². The Labute approximate surface area is 84.4 Å². The summed E-state index contributed by atoms with van der Waals surface area (Å²) in [7, 11) is 0. The second kappa shape index (κ2) is 6.49. The minimum Gasteiger partial charge on any atom is -0.480 e. The Hall–Kier alpha value is -1.02. The van der Waals surface area contributed by atoms with Crippen LogP contribution in [0.15, 0.2) is 0 Å². The predicted molar refractivity (Wildman–Crippen MR) is 49.4 cm³/mol. The lowest BCUT2D eigenvalue weighted by Crippen LogP contribution is -2.15. The SMILES string of the molecule is C#CCOC(=O)CCC(Br)C(=O)O. The lowest BCUT2D eigenvalue weighted by atomic mass is 10.2. The van der Waals surface area contributed by atoms with Gasteiger partial charge in [-0.15, -0.1) is 6.42 Å². The molecule has 0 bridgehead atoms. The molecule has 1 N–H and O–H groups in total. The van der Waals surface area contributed by atoms with Gasteiger partial charge in [-0.05, 0) is 6.42 Å². The zero-order valence-corrected chi connectivity index (χ0v) is 8.41. The van der Waals surface area contributed by atoms with E-state index in [0.717, 1.165) is 0 Å². The van der Waals surface area contributed by atoms with Crippen molar-refractivity contribution in [1.82, 2.24) is 0 Å². The molecule has 72 valence electrons. The van der Waals surface area contributed by atoms with Gasteiger partial charge in [-0.1, -0.05) is 21.9 Å². The summed E-state index contributed by atoms with van der Waals surface area (Å²) in [4.78, 5) is 20.4. The average Bonchev–Trinajstić information content (AvgIpc) is 2.10. The minimum absolute atomic E-state index is 0.0455. The van der Waals surface area contributed by atoms with E-state index in [1.165, 1.54) is 0 Å². The van der Waals surface area contributed by atoms with Crippen molar-refractivity contribution in [3.05, 3.63) is 0 Å². The highest BCUT2D eigenvalue weighted by Crippen LogP contribution is 2.08. The molecule has 4 nitrogen and oxygen atoms in total. The minimum atomic E-state index is -0.996. The van der Waals surface area contributed by atoms with E-state index in [1.54, 1.807) is 0 Å². The zero-order valence-electron chi connectivity index (χ0n) is 6.83. The van der Waals surface area contributed by atoms with E-state index in [0.29, 0.717) is 0 Å². The fraction of sp³-hybridized carbons (Fsp3) is 0.500. The van der Waals surface area contributed by atoms with Crippen molar-refractivity contribution >= 4 is 27.9 Å². The predicted octanol–water partition coefficient (Wildman–Crippen LogP) is 0.791. The second-order valence-corrected chi connectivity index (χ2v) is 3.31. The highest BCUT2D eigenvalue weighted by atomic mass is 79.9. The molecular weight excluding hydrogens is 240 g/mol. The van der Waals surface area contributed by atoms with Crippen LogP contribution in [0.3, 0.4) is 0 Å². The number of alkyl halides is 1.